The molecule has 0 bridgehead atoms. The number of hydrogen-bond donors (Lipinski definition) is 0. The van der Waals surface area contributed by atoms with Crippen molar-refractivity contribution < 1.29 is 0 Å². The van der Waals surface area contributed by atoms with Crippen LogP contribution in [-0.2, 0) is 0 Å². The van der Waals surface area contributed by atoms with E-state index in [1.54, 1.807) is 0 Å². The van der Waals surface area contributed by atoms with Crippen LogP contribution in [0.15, 0.2) is 0 Å². The van der Waals surface area contributed by atoms with Gasteiger partial charge in [-0.2, -0.15) is 0 Å². The molecule has 0 rings (SSSR count). The van der Waals surface area contributed by atoms with Gasteiger partial charge in [-0.25, -0.2) is 0 Å². The van der Waals surface area contributed by atoms with Crippen LogP contribution in [0.4, 0.5) is 0 Å². The van der Waals surface area contributed by atoms with Crippen LogP contribution in [0.2, 0.25) is 34.3 Å². The molecular formula is C10H27As2S. The molecule has 0 saturated carbocycles. The van der Waals surface area contributed by atoms with Crippen LogP contribution in [0.3, 0.4) is 0 Å². The standard InChI is InChI=1S/C10H27As2S/c1-8-9-10-13-12(5,6,7)11(2,3)4/h8-10H2,1-7H3. The van der Waals surface area contributed by atoms with E-state index in [4.69, 9.17) is 0 Å². The molecule has 13 heavy (non-hydrogen) atoms. The van der Waals surface area contributed by atoms with Gasteiger partial charge in [-0.05, 0) is 0 Å². The summed E-state index contributed by atoms with van der Waals surface area (Å²) >= 11 is -1.26. The normalized spacial score (nSPS) is 16.7. The zero-order valence-corrected chi connectivity index (χ0v) is 15.0. The zero-order valence-electron chi connectivity index (χ0n) is 10.4. The molecule has 0 N–H and O–H groups in total. The average molecular weight is 329 g/mol. The molecule has 0 aliphatic heterocycles. The molecule has 3 heteroatoms. The third kappa shape index (κ3) is 4.23. The molecule has 0 nitrogen and oxygen atoms in total. The van der Waals surface area contributed by atoms with Gasteiger partial charge in [-0.15, -0.1) is 0 Å². The Morgan fingerprint density at radius 2 is 1.54 bits per heavy atom. The Kier molecular flexibility index (Phi) is 5.05. The van der Waals surface area contributed by atoms with Gasteiger partial charge >= 0.3 is 90.5 Å². The first-order valence-corrected chi connectivity index (χ1v) is 24.8. The number of unbranched alkanes of at least 4 members (excludes halogenated alkanes) is 1. The molecule has 0 aromatic heterocycles. The summed E-state index contributed by atoms with van der Waals surface area (Å²) in [5, 5.41) is 0. The monoisotopic (exact) mass is 329 g/mol. The molecule has 0 amide bonds. The Morgan fingerprint density at radius 1 is 1.08 bits per heavy atom. The third-order valence-corrected chi connectivity index (χ3v) is 81.4. The van der Waals surface area contributed by atoms with E-state index < -0.39 is 20.7 Å². The van der Waals surface area contributed by atoms with Gasteiger partial charge in [0.25, 0.3) is 0 Å². The van der Waals surface area contributed by atoms with Crippen LogP contribution >= 0.6 is 10.0 Å². The van der Waals surface area contributed by atoms with Gasteiger partial charge < -0.3 is 0 Å². The van der Waals surface area contributed by atoms with Gasteiger partial charge in [-0.1, -0.05) is 0 Å². The second kappa shape index (κ2) is 4.54. The molecule has 1 radical (unpaired) electrons. The zero-order chi connectivity index (χ0) is 10.8. The molecule has 0 fully saturated rings. The Labute approximate surface area is 90.0 Å². The molecule has 0 aromatic rings. The summed E-state index contributed by atoms with van der Waals surface area (Å²) < 4.78 is 0. The molecule has 0 aliphatic rings. The van der Waals surface area contributed by atoms with Gasteiger partial charge in [0.05, 0.1) is 0 Å². The molecule has 0 spiro atoms. The van der Waals surface area contributed by atoms with Crippen LogP contribution in [0.5, 0.6) is 0 Å². The van der Waals surface area contributed by atoms with Crippen molar-refractivity contribution in [3.63, 3.8) is 0 Å². The Morgan fingerprint density at radius 3 is 1.85 bits per heavy atom. The van der Waals surface area contributed by atoms with Crippen LogP contribution in [0.25, 0.3) is 0 Å². The molecule has 0 atom stereocenters. The second-order valence-electron chi connectivity index (χ2n) is 5.70. The van der Waals surface area contributed by atoms with Crippen molar-refractivity contribution >= 4 is 30.7 Å². The Hall–Kier alpha value is 1.47. The minimum atomic E-state index is -1.87. The molecular weight excluding hydrogens is 302 g/mol. The average Bonchev–Trinajstić information content (AvgIpc) is 1.83. The second-order valence-corrected chi connectivity index (χ2v) is 65.0. The van der Waals surface area contributed by atoms with Crippen molar-refractivity contribution in [2.24, 2.45) is 0 Å². The van der Waals surface area contributed by atoms with E-state index in [0.29, 0.717) is 0 Å². The Bertz CT molecular complexity index is 162. The van der Waals surface area contributed by atoms with E-state index in [-0.39, 0.29) is 0 Å². The van der Waals surface area contributed by atoms with Crippen LogP contribution in [0.1, 0.15) is 19.8 Å². The van der Waals surface area contributed by atoms with Crippen molar-refractivity contribution in [2.75, 3.05) is 5.75 Å². The fourth-order valence-electron chi connectivity index (χ4n) is 0.697. The van der Waals surface area contributed by atoms with Crippen LogP contribution in [-0.4, -0.2) is 26.5 Å². The summed E-state index contributed by atoms with van der Waals surface area (Å²) in [5.41, 5.74) is 15.7. The first-order chi connectivity index (χ1) is 5.59. The van der Waals surface area contributed by atoms with Gasteiger partial charge in [0.15, 0.2) is 0 Å². The first kappa shape index (κ1) is 14.5. The molecule has 0 heterocycles. The first-order valence-electron chi connectivity index (χ1n) is 5.06. The van der Waals surface area contributed by atoms with Crippen molar-refractivity contribution in [3.8, 4) is 0 Å². The quantitative estimate of drug-likeness (QED) is 0.519. The maximum atomic E-state index is 2.63. The van der Waals surface area contributed by atoms with Crippen LogP contribution in [0, 0.1) is 0 Å². The fourth-order valence-corrected chi connectivity index (χ4v) is 23.0. The summed E-state index contributed by atoms with van der Waals surface area (Å²) in [5.74, 6) is 1.41. The predicted octanol–water partition coefficient (Wildman–Crippen LogP) is 4.73. The summed E-state index contributed by atoms with van der Waals surface area (Å²) in [6.07, 6.45) is 2.76. The maximum absolute atomic E-state index is 2.63. The van der Waals surface area contributed by atoms with E-state index in [1.165, 1.54) is 18.6 Å². The van der Waals surface area contributed by atoms with Crippen molar-refractivity contribution in [1.82, 2.24) is 0 Å². The van der Waals surface area contributed by atoms with E-state index in [0.717, 1.165) is 0 Å². The SMILES string of the molecule is CCCCS[As](C)(C)(C)[As](C)(C)C. The minimum absolute atomic E-state index is 1.26. The van der Waals surface area contributed by atoms with E-state index >= 15 is 0 Å². The number of hydrogen-bond acceptors (Lipinski definition) is 1. The Balaban J connectivity index is 4.34. The topological polar surface area (TPSA) is 0 Å². The van der Waals surface area contributed by atoms with Crippen LogP contribution < -0.4 is 0 Å². The number of rotatable bonds is 5. The molecule has 0 unspecified atom stereocenters. The van der Waals surface area contributed by atoms with E-state index in [1.807, 2.05) is 0 Å². The molecule has 83 valence electrons. The van der Waals surface area contributed by atoms with Crippen molar-refractivity contribution in [2.45, 2.75) is 54.0 Å². The molecule has 0 aromatic carbocycles. The van der Waals surface area contributed by atoms with Gasteiger partial charge in [-0.3, -0.25) is 0 Å². The van der Waals surface area contributed by atoms with Gasteiger partial charge in [0.2, 0.25) is 0 Å². The summed E-state index contributed by atoms with van der Waals surface area (Å²) in [6, 6.07) is 0. The van der Waals surface area contributed by atoms with E-state index in [9.17, 15) is 0 Å². The summed E-state index contributed by atoms with van der Waals surface area (Å²) in [4.78, 5) is 0. The predicted molar refractivity (Wildman–Crippen MR) is 74.1 cm³/mol. The molecule has 0 aliphatic carbocycles. The van der Waals surface area contributed by atoms with Crippen molar-refractivity contribution in [1.29, 1.82) is 0 Å². The van der Waals surface area contributed by atoms with Gasteiger partial charge in [0, 0.05) is 0 Å². The van der Waals surface area contributed by atoms with Crippen molar-refractivity contribution in [3.05, 3.63) is 0 Å². The summed E-state index contributed by atoms with van der Waals surface area (Å²) in [7, 11) is 0.498. The summed E-state index contributed by atoms with van der Waals surface area (Å²) in [6.45, 7) is 2.29. The fraction of sp³-hybridized carbons (Fsp3) is 1.00. The van der Waals surface area contributed by atoms with Gasteiger partial charge in [0.1, 0.15) is 0 Å². The van der Waals surface area contributed by atoms with E-state index in [2.05, 4.69) is 51.2 Å². The third-order valence-electron chi connectivity index (χ3n) is 3.08. The molecule has 0 saturated heterocycles.